The van der Waals surface area contributed by atoms with Crippen LogP contribution in [0.25, 0.3) is 0 Å². The first-order valence-corrected chi connectivity index (χ1v) is 8.22. The zero-order valence-corrected chi connectivity index (χ0v) is 15.4. The number of rotatable bonds is 8. The van der Waals surface area contributed by atoms with Crippen molar-refractivity contribution in [3.05, 3.63) is 36.4 Å². The van der Waals surface area contributed by atoms with Crippen LogP contribution in [0.2, 0.25) is 0 Å². The number of benzene rings is 1. The van der Waals surface area contributed by atoms with Gasteiger partial charge >= 0.3 is 6.09 Å². The van der Waals surface area contributed by atoms with Crippen LogP contribution in [0.5, 0.6) is 5.75 Å². The number of aromatic nitrogens is 1. The van der Waals surface area contributed by atoms with Crippen LogP contribution in [-0.2, 0) is 9.53 Å². The maximum absolute atomic E-state index is 11.6. The zero-order chi connectivity index (χ0) is 20.4. The van der Waals surface area contributed by atoms with Gasteiger partial charge in [0.05, 0.1) is 6.54 Å². The van der Waals surface area contributed by atoms with Crippen molar-refractivity contribution in [2.24, 2.45) is 10.2 Å². The van der Waals surface area contributed by atoms with Crippen molar-refractivity contribution < 1.29 is 19.1 Å². The highest BCUT2D eigenvalue weighted by atomic mass is 16.7. The lowest BCUT2D eigenvalue weighted by Gasteiger charge is -2.08. The monoisotopic (exact) mass is 387 g/mol. The number of para-hydroxylation sites is 1. The fraction of sp³-hybridized carbons (Fsp3) is 0.235. The van der Waals surface area contributed by atoms with Gasteiger partial charge in [0, 0.05) is 7.05 Å². The number of nitrogens with zero attached hydrogens (tertiary/aromatic N) is 3. The van der Waals surface area contributed by atoms with Crippen LogP contribution in [0.4, 0.5) is 27.8 Å². The van der Waals surface area contributed by atoms with Crippen molar-refractivity contribution in [2.75, 3.05) is 38.5 Å². The molecular formula is C17H21N7O4. The fourth-order valence-electron chi connectivity index (χ4n) is 1.96. The van der Waals surface area contributed by atoms with Crippen LogP contribution in [0.15, 0.2) is 46.6 Å². The van der Waals surface area contributed by atoms with Gasteiger partial charge in [-0.25, -0.2) is 9.78 Å². The molecule has 0 saturated heterocycles. The Morgan fingerprint density at radius 3 is 2.57 bits per heavy atom. The molecule has 0 spiro atoms. The Morgan fingerprint density at radius 1 is 1.11 bits per heavy atom. The number of hydrogen-bond donors (Lipinski definition) is 4. The number of nitrogen functional groups attached to an aromatic ring is 1. The van der Waals surface area contributed by atoms with Crippen molar-refractivity contribution >= 4 is 35.0 Å². The predicted molar refractivity (Wildman–Crippen MR) is 103 cm³/mol. The number of alkyl carbamates (subject to hydrolysis) is 1. The molecular weight excluding hydrogens is 366 g/mol. The summed E-state index contributed by atoms with van der Waals surface area (Å²) in [6, 6.07) is 9.98. The molecule has 2 rings (SSSR count). The molecule has 11 nitrogen and oxygen atoms in total. The number of amides is 2. The Kier molecular flexibility index (Phi) is 7.66. The van der Waals surface area contributed by atoms with E-state index in [0.29, 0.717) is 22.9 Å². The van der Waals surface area contributed by atoms with Crippen molar-refractivity contribution in [3.8, 4) is 5.75 Å². The van der Waals surface area contributed by atoms with Crippen LogP contribution in [-0.4, -0.2) is 44.4 Å². The van der Waals surface area contributed by atoms with Gasteiger partial charge in [-0.1, -0.05) is 12.1 Å². The van der Waals surface area contributed by atoms with Crippen LogP contribution in [0.3, 0.4) is 0 Å². The summed E-state index contributed by atoms with van der Waals surface area (Å²) in [6.45, 7) is -0.125. The Bertz CT molecular complexity index is 857. The van der Waals surface area contributed by atoms with Crippen molar-refractivity contribution in [1.29, 1.82) is 0 Å². The topological polar surface area (TPSA) is 152 Å². The van der Waals surface area contributed by atoms with Gasteiger partial charge in [-0.3, -0.25) is 4.79 Å². The normalized spacial score (nSPS) is 10.5. The van der Waals surface area contributed by atoms with E-state index in [9.17, 15) is 9.59 Å². The molecule has 1 aromatic heterocycles. The number of likely N-dealkylation sites (N-methyl/N-ethyl adjacent to an activating group) is 1. The summed E-state index contributed by atoms with van der Waals surface area (Å²) in [5.41, 5.74) is 6.61. The summed E-state index contributed by atoms with van der Waals surface area (Å²) in [5.74, 6) is 0.547. The molecule has 28 heavy (non-hydrogen) atoms. The molecule has 0 aliphatic rings. The number of carbonyl (C=O) groups is 2. The number of hydrogen-bond acceptors (Lipinski definition) is 9. The smallest absolute Gasteiger partial charge is 0.409 e. The lowest BCUT2D eigenvalue weighted by Crippen LogP contribution is -2.25. The van der Waals surface area contributed by atoms with Gasteiger partial charge in [-0.05, 0) is 31.3 Å². The van der Waals surface area contributed by atoms with Crippen molar-refractivity contribution in [2.45, 2.75) is 0 Å². The zero-order valence-electron chi connectivity index (χ0n) is 15.4. The van der Waals surface area contributed by atoms with Gasteiger partial charge < -0.3 is 31.2 Å². The van der Waals surface area contributed by atoms with Crippen LogP contribution in [0.1, 0.15) is 0 Å². The van der Waals surface area contributed by atoms with Gasteiger partial charge in [0.25, 0.3) is 0 Å². The minimum atomic E-state index is -0.611. The molecule has 1 heterocycles. The molecule has 0 bridgehead atoms. The number of nitrogens with two attached hydrogens (primary N) is 1. The third kappa shape index (κ3) is 6.21. The Balaban J connectivity index is 2.07. The molecule has 0 unspecified atom stereocenters. The number of anilines is 2. The highest BCUT2D eigenvalue weighted by Gasteiger charge is 2.07. The van der Waals surface area contributed by atoms with E-state index in [1.54, 1.807) is 43.4 Å². The summed E-state index contributed by atoms with van der Waals surface area (Å²) in [5, 5.41) is 15.8. The maximum Gasteiger partial charge on any atom is 0.409 e. The number of azo groups is 1. The fourth-order valence-corrected chi connectivity index (χ4v) is 1.96. The molecule has 0 aliphatic carbocycles. The second-order valence-electron chi connectivity index (χ2n) is 5.29. The predicted octanol–water partition coefficient (Wildman–Crippen LogP) is 1.93. The van der Waals surface area contributed by atoms with Gasteiger partial charge in [-0.15, -0.1) is 10.2 Å². The third-order valence-electron chi connectivity index (χ3n) is 3.25. The minimum Gasteiger partial charge on any atom is -0.455 e. The Morgan fingerprint density at radius 2 is 1.86 bits per heavy atom. The molecule has 0 saturated carbocycles. The first-order valence-electron chi connectivity index (χ1n) is 8.22. The number of nitrogens with one attached hydrogen (secondary N) is 3. The molecule has 2 aromatic rings. The molecule has 11 heteroatoms. The van der Waals surface area contributed by atoms with E-state index in [2.05, 4.69) is 31.2 Å². The molecule has 1 aromatic carbocycles. The molecule has 148 valence electrons. The highest BCUT2D eigenvalue weighted by molar-refractivity contribution is 5.91. The molecule has 2 amide bonds. The average molecular weight is 387 g/mol. The van der Waals surface area contributed by atoms with Crippen molar-refractivity contribution in [3.63, 3.8) is 0 Å². The minimum absolute atomic E-state index is 0.104. The van der Waals surface area contributed by atoms with E-state index < -0.39 is 6.09 Å². The van der Waals surface area contributed by atoms with Crippen LogP contribution < -0.4 is 26.4 Å². The Hall–Kier alpha value is -3.73. The average Bonchev–Trinajstić information content (AvgIpc) is 2.68. The number of ether oxygens (including phenoxy) is 2. The van der Waals surface area contributed by atoms with Gasteiger partial charge in [0.2, 0.25) is 12.7 Å². The molecule has 5 N–H and O–H groups in total. The number of pyridine rings is 1. The van der Waals surface area contributed by atoms with Gasteiger partial charge in [0.1, 0.15) is 17.2 Å². The highest BCUT2D eigenvalue weighted by Crippen LogP contribution is 2.30. The van der Waals surface area contributed by atoms with E-state index in [0.717, 1.165) is 0 Å². The first kappa shape index (κ1) is 20.6. The summed E-state index contributed by atoms with van der Waals surface area (Å²) >= 11 is 0. The summed E-state index contributed by atoms with van der Waals surface area (Å²) in [7, 11) is 3.11. The lowest BCUT2D eigenvalue weighted by molar-refractivity contribution is -0.115. The van der Waals surface area contributed by atoms with Gasteiger partial charge in [-0.2, -0.15) is 0 Å². The number of carbonyl (C=O) groups excluding carboxylic acids is 2. The van der Waals surface area contributed by atoms with Crippen LogP contribution in [0, 0.1) is 0 Å². The summed E-state index contributed by atoms with van der Waals surface area (Å²) in [4.78, 5) is 26.7. The van der Waals surface area contributed by atoms with E-state index in [1.807, 2.05) is 0 Å². The molecule has 0 radical (unpaired) electrons. The molecule has 0 aliphatic heterocycles. The quantitative estimate of drug-likeness (QED) is 0.399. The largest absolute Gasteiger partial charge is 0.455 e. The second-order valence-corrected chi connectivity index (χ2v) is 5.29. The van der Waals surface area contributed by atoms with E-state index in [1.165, 1.54) is 7.05 Å². The maximum atomic E-state index is 11.6. The van der Waals surface area contributed by atoms with E-state index in [-0.39, 0.29) is 25.1 Å². The van der Waals surface area contributed by atoms with Crippen LogP contribution >= 0.6 is 0 Å². The van der Waals surface area contributed by atoms with E-state index >= 15 is 0 Å². The molecule has 0 atom stereocenters. The van der Waals surface area contributed by atoms with Gasteiger partial charge in [0.15, 0.2) is 11.6 Å². The van der Waals surface area contributed by atoms with E-state index in [4.69, 9.17) is 15.2 Å². The standard InChI is InChI=1S/C17H21N7O4/c1-19-9-15(25)21-14-8-7-12(16(18)22-14)24-23-11-5-3-4-6-13(11)27-10-28-17(26)20-2/h3-8,19H,9-10H2,1-2H3,(H,20,26)(H3,18,21,22,25). The Labute approximate surface area is 161 Å². The lowest BCUT2D eigenvalue weighted by atomic mass is 10.3. The molecule has 0 fully saturated rings. The van der Waals surface area contributed by atoms with Crippen molar-refractivity contribution in [1.82, 2.24) is 15.6 Å². The summed E-state index contributed by atoms with van der Waals surface area (Å²) < 4.78 is 10.2. The second kappa shape index (κ2) is 10.4. The SMILES string of the molecule is CNCC(=O)Nc1ccc(N=Nc2ccccc2OCOC(=O)NC)c(N)n1. The summed E-state index contributed by atoms with van der Waals surface area (Å²) in [6.07, 6.45) is -0.611. The first-order chi connectivity index (χ1) is 13.5. The third-order valence-corrected chi connectivity index (χ3v) is 3.25.